The van der Waals surface area contributed by atoms with Gasteiger partial charge in [0.05, 0.1) is 5.56 Å². The molecule has 5 nitrogen and oxygen atoms in total. The molecule has 0 atom stereocenters. The van der Waals surface area contributed by atoms with E-state index in [0.717, 1.165) is 17.0 Å². The van der Waals surface area contributed by atoms with Gasteiger partial charge in [0.1, 0.15) is 0 Å². The fourth-order valence-corrected chi connectivity index (χ4v) is 3.06. The second kappa shape index (κ2) is 7.34. The number of carboxylic acid groups (broad SMARTS) is 1. The smallest absolute Gasteiger partial charge is 0.303 e. The van der Waals surface area contributed by atoms with Crippen LogP contribution in [0.4, 0.5) is 5.69 Å². The lowest BCUT2D eigenvalue weighted by molar-refractivity contribution is -0.136. The first kappa shape index (κ1) is 17.8. The molecule has 1 aromatic carbocycles. The molecular formula is C19H24N2O3. The van der Waals surface area contributed by atoms with Crippen LogP contribution in [0.5, 0.6) is 0 Å². The van der Waals surface area contributed by atoms with Gasteiger partial charge in [0.2, 0.25) is 0 Å². The maximum atomic E-state index is 12.6. The lowest BCUT2D eigenvalue weighted by Crippen LogP contribution is -2.14. The summed E-state index contributed by atoms with van der Waals surface area (Å²) in [5.74, 6) is -0.976. The third-order valence-electron chi connectivity index (χ3n) is 4.06. The number of amides is 1. The van der Waals surface area contributed by atoms with Gasteiger partial charge in [-0.3, -0.25) is 9.59 Å². The van der Waals surface area contributed by atoms with Crippen LogP contribution in [0.15, 0.2) is 30.3 Å². The standard InChI is InChI=1S/C19H24N2O3/c1-12(2)21-13(3)10-17(14(21)4)19(24)20-16-7-5-6-15(11-16)8-9-18(22)23/h5-7,10-12H,8-9H2,1-4H3,(H,20,24)(H,22,23). The minimum atomic E-state index is -0.828. The number of nitrogens with one attached hydrogen (secondary N) is 1. The Morgan fingerprint density at radius 3 is 2.50 bits per heavy atom. The van der Waals surface area contributed by atoms with E-state index in [1.54, 1.807) is 0 Å². The Kier molecular flexibility index (Phi) is 5.44. The summed E-state index contributed by atoms with van der Waals surface area (Å²) in [6, 6.07) is 9.52. The molecule has 0 radical (unpaired) electrons. The number of carboxylic acids is 1. The van der Waals surface area contributed by atoms with Crippen LogP contribution < -0.4 is 5.32 Å². The van der Waals surface area contributed by atoms with Crippen LogP contribution in [0.2, 0.25) is 0 Å². The molecule has 128 valence electrons. The summed E-state index contributed by atoms with van der Waals surface area (Å²) in [5.41, 5.74) is 4.24. The first-order valence-corrected chi connectivity index (χ1v) is 8.10. The Hall–Kier alpha value is -2.56. The van der Waals surface area contributed by atoms with Gasteiger partial charge in [-0.15, -0.1) is 0 Å². The van der Waals surface area contributed by atoms with Gasteiger partial charge >= 0.3 is 5.97 Å². The lowest BCUT2D eigenvalue weighted by atomic mass is 10.1. The minimum absolute atomic E-state index is 0.0763. The zero-order chi connectivity index (χ0) is 17.9. The SMILES string of the molecule is Cc1cc(C(=O)Nc2cccc(CCC(=O)O)c2)c(C)n1C(C)C. The van der Waals surface area contributed by atoms with Crippen molar-refractivity contribution >= 4 is 17.6 Å². The molecular weight excluding hydrogens is 304 g/mol. The van der Waals surface area contributed by atoms with Gasteiger partial charge in [-0.25, -0.2) is 0 Å². The van der Waals surface area contributed by atoms with Crippen molar-refractivity contribution in [3.8, 4) is 0 Å². The van der Waals surface area contributed by atoms with Crippen LogP contribution in [-0.4, -0.2) is 21.6 Å². The van der Waals surface area contributed by atoms with Crippen molar-refractivity contribution in [2.75, 3.05) is 5.32 Å². The average Bonchev–Trinajstić information content (AvgIpc) is 2.80. The van der Waals surface area contributed by atoms with Crippen LogP contribution in [-0.2, 0) is 11.2 Å². The topological polar surface area (TPSA) is 71.3 Å². The van der Waals surface area contributed by atoms with Crippen LogP contribution in [0.25, 0.3) is 0 Å². The zero-order valence-electron chi connectivity index (χ0n) is 14.6. The first-order valence-electron chi connectivity index (χ1n) is 8.10. The third kappa shape index (κ3) is 4.04. The Bertz CT molecular complexity index is 760. The molecule has 5 heteroatoms. The molecule has 2 aromatic rings. The summed E-state index contributed by atoms with van der Waals surface area (Å²) in [5, 5.41) is 11.7. The predicted molar refractivity (Wildman–Crippen MR) is 94.6 cm³/mol. The second-order valence-electron chi connectivity index (χ2n) is 6.30. The Balaban J connectivity index is 2.17. The van der Waals surface area contributed by atoms with E-state index < -0.39 is 5.97 Å². The van der Waals surface area contributed by atoms with Gasteiger partial charge in [0.25, 0.3) is 5.91 Å². The highest BCUT2D eigenvalue weighted by molar-refractivity contribution is 6.05. The molecule has 1 heterocycles. The summed E-state index contributed by atoms with van der Waals surface area (Å²) >= 11 is 0. The van der Waals surface area contributed by atoms with Gasteiger partial charge in [-0.1, -0.05) is 12.1 Å². The van der Waals surface area contributed by atoms with Gasteiger partial charge in [-0.05, 0) is 57.9 Å². The highest BCUT2D eigenvalue weighted by Crippen LogP contribution is 2.21. The number of carbonyl (C=O) groups is 2. The monoisotopic (exact) mass is 328 g/mol. The molecule has 0 spiro atoms. The molecule has 2 rings (SSSR count). The van der Waals surface area contributed by atoms with Crippen molar-refractivity contribution < 1.29 is 14.7 Å². The highest BCUT2D eigenvalue weighted by atomic mass is 16.4. The van der Waals surface area contributed by atoms with Crippen LogP contribution in [0.1, 0.15) is 53.6 Å². The van der Waals surface area contributed by atoms with Gasteiger partial charge in [0.15, 0.2) is 0 Å². The molecule has 0 aliphatic rings. The normalized spacial score (nSPS) is 10.9. The molecule has 0 fully saturated rings. The number of anilines is 1. The maximum Gasteiger partial charge on any atom is 0.303 e. The molecule has 1 aromatic heterocycles. The van der Waals surface area contributed by atoms with E-state index in [0.29, 0.717) is 23.7 Å². The van der Waals surface area contributed by atoms with Crippen molar-refractivity contribution in [3.63, 3.8) is 0 Å². The molecule has 0 aliphatic heterocycles. The molecule has 2 N–H and O–H groups in total. The van der Waals surface area contributed by atoms with E-state index in [1.807, 2.05) is 44.2 Å². The number of carbonyl (C=O) groups excluding carboxylic acids is 1. The molecule has 1 amide bonds. The number of aromatic nitrogens is 1. The number of aliphatic carboxylic acids is 1. The van der Waals surface area contributed by atoms with Crippen LogP contribution in [0, 0.1) is 13.8 Å². The summed E-state index contributed by atoms with van der Waals surface area (Å²) in [7, 11) is 0. The molecule has 24 heavy (non-hydrogen) atoms. The predicted octanol–water partition coefficient (Wildman–Crippen LogP) is 3.96. The van der Waals surface area contributed by atoms with E-state index in [1.165, 1.54) is 0 Å². The van der Waals surface area contributed by atoms with E-state index in [2.05, 4.69) is 23.7 Å². The molecule has 0 saturated carbocycles. The Morgan fingerprint density at radius 2 is 1.92 bits per heavy atom. The lowest BCUT2D eigenvalue weighted by Gasteiger charge is -2.13. The maximum absolute atomic E-state index is 12.6. The third-order valence-corrected chi connectivity index (χ3v) is 4.06. The number of benzene rings is 1. The molecule has 0 aliphatic carbocycles. The van der Waals surface area contributed by atoms with E-state index in [-0.39, 0.29) is 12.3 Å². The van der Waals surface area contributed by atoms with Gasteiger partial charge in [-0.2, -0.15) is 0 Å². The molecule has 0 saturated heterocycles. The van der Waals surface area contributed by atoms with E-state index in [9.17, 15) is 9.59 Å². The molecule has 0 unspecified atom stereocenters. The largest absolute Gasteiger partial charge is 0.481 e. The number of rotatable bonds is 6. The first-order chi connectivity index (χ1) is 11.3. The van der Waals surface area contributed by atoms with Crippen molar-refractivity contribution in [3.05, 3.63) is 52.8 Å². The van der Waals surface area contributed by atoms with Crippen molar-refractivity contribution in [1.82, 2.24) is 4.57 Å². The minimum Gasteiger partial charge on any atom is -0.481 e. The summed E-state index contributed by atoms with van der Waals surface area (Å²) in [6.45, 7) is 8.13. The van der Waals surface area contributed by atoms with Crippen LogP contribution >= 0.6 is 0 Å². The number of nitrogens with zero attached hydrogens (tertiary/aromatic N) is 1. The second-order valence-corrected chi connectivity index (χ2v) is 6.30. The van der Waals surface area contributed by atoms with Gasteiger partial charge < -0.3 is 15.0 Å². The van der Waals surface area contributed by atoms with Crippen molar-refractivity contribution in [2.24, 2.45) is 0 Å². The summed E-state index contributed by atoms with van der Waals surface area (Å²) in [6.07, 6.45) is 0.522. The highest BCUT2D eigenvalue weighted by Gasteiger charge is 2.17. The number of hydrogen-bond acceptors (Lipinski definition) is 2. The van der Waals surface area contributed by atoms with Crippen molar-refractivity contribution in [2.45, 2.75) is 46.6 Å². The Labute approximate surface area is 142 Å². The Morgan fingerprint density at radius 1 is 1.21 bits per heavy atom. The van der Waals surface area contributed by atoms with E-state index >= 15 is 0 Å². The van der Waals surface area contributed by atoms with E-state index in [4.69, 9.17) is 5.11 Å². The molecule has 0 bridgehead atoms. The average molecular weight is 328 g/mol. The zero-order valence-corrected chi connectivity index (χ0v) is 14.6. The van der Waals surface area contributed by atoms with Crippen LogP contribution in [0.3, 0.4) is 0 Å². The summed E-state index contributed by atoms with van der Waals surface area (Å²) in [4.78, 5) is 23.3. The fraction of sp³-hybridized carbons (Fsp3) is 0.368. The fourth-order valence-electron chi connectivity index (χ4n) is 3.06. The van der Waals surface area contributed by atoms with Gasteiger partial charge in [0, 0.05) is 29.5 Å². The quantitative estimate of drug-likeness (QED) is 0.843. The summed E-state index contributed by atoms with van der Waals surface area (Å²) < 4.78 is 2.14. The number of hydrogen-bond donors (Lipinski definition) is 2. The number of aryl methyl sites for hydroxylation is 2. The van der Waals surface area contributed by atoms with Crippen molar-refractivity contribution in [1.29, 1.82) is 0 Å².